The molecule has 1 unspecified atom stereocenters. The topological polar surface area (TPSA) is 46.0 Å². The van der Waals surface area contributed by atoms with Crippen LogP contribution in [-0.4, -0.2) is 21.5 Å². The van der Waals surface area contributed by atoms with Crippen molar-refractivity contribution in [1.29, 1.82) is 5.26 Å². The molecule has 4 nitrogen and oxygen atoms in total. The Kier molecular flexibility index (Phi) is 4.78. The Morgan fingerprint density at radius 2 is 2.15 bits per heavy atom. The lowest BCUT2D eigenvalue weighted by Crippen LogP contribution is -2.28. The van der Waals surface area contributed by atoms with Crippen molar-refractivity contribution in [1.82, 2.24) is 9.78 Å². The first-order valence-electron chi connectivity index (χ1n) is 5.65. The Morgan fingerprint density at radius 1 is 1.45 bits per heavy atom. The van der Waals surface area contributed by atoms with E-state index in [0.29, 0.717) is 5.56 Å². The van der Waals surface area contributed by atoms with Gasteiger partial charge in [0.15, 0.2) is 6.07 Å². The van der Waals surface area contributed by atoms with Gasteiger partial charge in [0.2, 0.25) is 0 Å². The summed E-state index contributed by atoms with van der Waals surface area (Å²) in [7, 11) is 0. The molecule has 0 bridgehead atoms. The molecule has 0 aliphatic heterocycles. The number of rotatable bonds is 5. The van der Waals surface area contributed by atoms with Crippen molar-refractivity contribution in [3.05, 3.63) is 29.4 Å². The molecule has 7 heteroatoms. The SMILES string of the molecule is [C-]#[N+]C(C#N)(CCC(F)(F)F)Cc1cnn(CC#C)c1. The quantitative estimate of drug-likeness (QED) is 0.614. The molecule has 104 valence electrons. The summed E-state index contributed by atoms with van der Waals surface area (Å²) in [5.74, 6) is 2.36. The summed E-state index contributed by atoms with van der Waals surface area (Å²) in [4.78, 5) is 3.10. The second-order valence-corrected chi connectivity index (χ2v) is 4.30. The molecule has 1 aromatic heterocycles. The van der Waals surface area contributed by atoms with Crippen LogP contribution in [0.3, 0.4) is 0 Å². The summed E-state index contributed by atoms with van der Waals surface area (Å²) in [6.45, 7) is 7.25. The molecule has 0 aliphatic rings. The average Bonchev–Trinajstić information content (AvgIpc) is 2.81. The fraction of sp³-hybridized carbons (Fsp3) is 0.462. The van der Waals surface area contributed by atoms with E-state index in [4.69, 9.17) is 18.3 Å². The van der Waals surface area contributed by atoms with E-state index in [0.717, 1.165) is 0 Å². The summed E-state index contributed by atoms with van der Waals surface area (Å²) in [5.41, 5.74) is -1.21. The zero-order valence-corrected chi connectivity index (χ0v) is 10.5. The van der Waals surface area contributed by atoms with Crippen LogP contribution in [0.15, 0.2) is 12.4 Å². The van der Waals surface area contributed by atoms with E-state index in [9.17, 15) is 13.2 Å². The van der Waals surface area contributed by atoms with Crippen molar-refractivity contribution in [3.8, 4) is 18.4 Å². The summed E-state index contributed by atoms with van der Waals surface area (Å²) >= 11 is 0. The summed E-state index contributed by atoms with van der Waals surface area (Å²) in [5, 5.41) is 13.0. The Balaban J connectivity index is 2.84. The van der Waals surface area contributed by atoms with Gasteiger partial charge in [-0.3, -0.25) is 9.53 Å². The van der Waals surface area contributed by atoms with Crippen LogP contribution in [0.25, 0.3) is 4.85 Å². The Bertz CT molecular complexity index is 566. The van der Waals surface area contributed by atoms with Gasteiger partial charge in [0, 0.05) is 12.6 Å². The van der Waals surface area contributed by atoms with Crippen LogP contribution < -0.4 is 0 Å². The first-order valence-corrected chi connectivity index (χ1v) is 5.65. The maximum atomic E-state index is 12.3. The molecule has 0 N–H and O–H groups in total. The molecule has 0 aromatic carbocycles. The summed E-state index contributed by atoms with van der Waals surface area (Å²) < 4.78 is 38.2. The number of terminal acetylenes is 1. The standard InChI is InChI=1S/C13H11F3N4/c1-3-6-20-9-11(8-19-20)7-12(10-17,18-2)4-5-13(14,15)16/h1,8-9H,4-7H2. The lowest BCUT2D eigenvalue weighted by molar-refractivity contribution is -0.136. The van der Waals surface area contributed by atoms with Gasteiger partial charge >= 0.3 is 11.7 Å². The molecular weight excluding hydrogens is 269 g/mol. The van der Waals surface area contributed by atoms with Gasteiger partial charge in [0.1, 0.15) is 6.54 Å². The van der Waals surface area contributed by atoms with Gasteiger partial charge in [-0.25, -0.2) is 6.57 Å². The van der Waals surface area contributed by atoms with Gasteiger partial charge in [-0.05, 0) is 5.56 Å². The predicted molar refractivity (Wildman–Crippen MR) is 65.0 cm³/mol. The number of hydrogen-bond acceptors (Lipinski definition) is 2. The molecule has 0 saturated heterocycles. The molecular formula is C13H11F3N4. The van der Waals surface area contributed by atoms with Gasteiger partial charge < -0.3 is 0 Å². The average molecular weight is 280 g/mol. The highest BCUT2D eigenvalue weighted by molar-refractivity contribution is 5.23. The van der Waals surface area contributed by atoms with Crippen molar-refractivity contribution in [2.24, 2.45) is 0 Å². The predicted octanol–water partition coefficient (Wildman–Crippen LogP) is 2.58. The van der Waals surface area contributed by atoms with Crippen LogP contribution in [0, 0.1) is 30.2 Å². The number of halogens is 3. The van der Waals surface area contributed by atoms with Crippen molar-refractivity contribution in [2.45, 2.75) is 37.5 Å². The molecule has 0 spiro atoms. The van der Waals surface area contributed by atoms with Crippen LogP contribution in [0.5, 0.6) is 0 Å². The fourth-order valence-corrected chi connectivity index (χ4v) is 1.67. The Hall–Kier alpha value is -2.46. The molecule has 0 radical (unpaired) electrons. The Morgan fingerprint density at radius 3 is 2.65 bits per heavy atom. The van der Waals surface area contributed by atoms with Crippen LogP contribution >= 0.6 is 0 Å². The molecule has 0 amide bonds. The smallest absolute Gasteiger partial charge is 0.294 e. The normalized spacial score (nSPS) is 13.8. The molecule has 1 heterocycles. The Labute approximate surface area is 114 Å². The van der Waals surface area contributed by atoms with E-state index in [-0.39, 0.29) is 13.0 Å². The largest absolute Gasteiger partial charge is 0.389 e. The van der Waals surface area contributed by atoms with Gasteiger partial charge in [0.05, 0.1) is 19.0 Å². The van der Waals surface area contributed by atoms with Gasteiger partial charge in [-0.1, -0.05) is 5.92 Å². The first-order chi connectivity index (χ1) is 9.34. The number of alkyl halides is 3. The van der Waals surface area contributed by atoms with Gasteiger partial charge in [-0.15, -0.1) is 6.42 Å². The van der Waals surface area contributed by atoms with Gasteiger partial charge in [-0.2, -0.15) is 23.5 Å². The van der Waals surface area contributed by atoms with E-state index in [1.54, 1.807) is 6.07 Å². The second kappa shape index (κ2) is 6.12. The molecule has 0 aliphatic carbocycles. The first kappa shape index (κ1) is 15.6. The molecule has 0 fully saturated rings. The minimum Gasteiger partial charge on any atom is -0.294 e. The van der Waals surface area contributed by atoms with Crippen LogP contribution in [-0.2, 0) is 13.0 Å². The second-order valence-electron chi connectivity index (χ2n) is 4.30. The van der Waals surface area contributed by atoms with E-state index in [1.807, 2.05) is 0 Å². The maximum Gasteiger partial charge on any atom is 0.389 e. The molecule has 1 aromatic rings. The number of hydrogen-bond donors (Lipinski definition) is 0. The third kappa shape index (κ3) is 4.33. The molecule has 1 atom stereocenters. The third-order valence-corrected chi connectivity index (χ3v) is 2.68. The van der Waals surface area contributed by atoms with Crippen molar-refractivity contribution >= 4 is 0 Å². The van der Waals surface area contributed by atoms with Gasteiger partial charge in [0.25, 0.3) is 0 Å². The maximum absolute atomic E-state index is 12.3. The van der Waals surface area contributed by atoms with Crippen LogP contribution in [0.2, 0.25) is 0 Å². The van der Waals surface area contributed by atoms with E-state index in [1.165, 1.54) is 17.1 Å². The molecule has 20 heavy (non-hydrogen) atoms. The van der Waals surface area contributed by atoms with Crippen LogP contribution in [0.4, 0.5) is 13.2 Å². The van der Waals surface area contributed by atoms with Crippen LogP contribution in [0.1, 0.15) is 18.4 Å². The summed E-state index contributed by atoms with van der Waals surface area (Å²) in [6.07, 6.45) is 1.83. The van der Waals surface area contributed by atoms with Crippen molar-refractivity contribution in [2.75, 3.05) is 0 Å². The highest BCUT2D eigenvalue weighted by atomic mass is 19.4. The third-order valence-electron chi connectivity index (χ3n) is 2.68. The van der Waals surface area contributed by atoms with E-state index < -0.39 is 24.6 Å². The zero-order valence-electron chi connectivity index (χ0n) is 10.5. The number of aromatic nitrogens is 2. The highest BCUT2D eigenvalue weighted by Gasteiger charge is 2.42. The lowest BCUT2D eigenvalue weighted by Gasteiger charge is -2.14. The summed E-state index contributed by atoms with van der Waals surface area (Å²) in [6, 6.07) is 1.70. The monoisotopic (exact) mass is 280 g/mol. The minimum absolute atomic E-state index is 0.104. The lowest BCUT2D eigenvalue weighted by atomic mass is 9.89. The zero-order chi connectivity index (χ0) is 15.2. The minimum atomic E-state index is -4.39. The van der Waals surface area contributed by atoms with E-state index in [2.05, 4.69) is 15.9 Å². The number of nitriles is 1. The molecule has 0 saturated carbocycles. The highest BCUT2D eigenvalue weighted by Crippen LogP contribution is 2.30. The van der Waals surface area contributed by atoms with E-state index >= 15 is 0 Å². The van der Waals surface area contributed by atoms with Crippen molar-refractivity contribution in [3.63, 3.8) is 0 Å². The molecule has 1 rings (SSSR count). The fourth-order valence-electron chi connectivity index (χ4n) is 1.67. The number of nitrogens with zero attached hydrogens (tertiary/aromatic N) is 4. The van der Waals surface area contributed by atoms with Crippen molar-refractivity contribution < 1.29 is 13.2 Å².